The van der Waals surface area contributed by atoms with Crippen LogP contribution in [0.4, 0.5) is 0 Å². The zero-order valence-corrected chi connectivity index (χ0v) is 10.8. The molecule has 1 aromatic carbocycles. The molecule has 0 spiro atoms. The molecule has 0 radical (unpaired) electrons. The number of allylic oxidation sites excluding steroid dienone is 1. The van der Waals surface area contributed by atoms with Crippen LogP contribution in [0.15, 0.2) is 43.0 Å². The van der Waals surface area contributed by atoms with E-state index in [9.17, 15) is 4.79 Å². The van der Waals surface area contributed by atoms with Crippen LogP contribution in [-0.2, 0) is 10.2 Å². The fourth-order valence-corrected chi connectivity index (χ4v) is 2.81. The summed E-state index contributed by atoms with van der Waals surface area (Å²) >= 11 is 0. The quantitative estimate of drug-likeness (QED) is 0.806. The van der Waals surface area contributed by atoms with Crippen molar-refractivity contribution in [1.82, 2.24) is 5.32 Å². The van der Waals surface area contributed by atoms with Crippen LogP contribution in [0.25, 0.3) is 0 Å². The number of benzene rings is 1. The smallest absolute Gasteiger partial charge is 0.143 e. The summed E-state index contributed by atoms with van der Waals surface area (Å²) in [5.74, 6) is 0.370. The molecule has 0 bridgehead atoms. The zero-order valence-electron chi connectivity index (χ0n) is 10.8. The molecule has 18 heavy (non-hydrogen) atoms. The molecule has 1 heterocycles. The Balaban J connectivity index is 2.28. The number of carbonyl (C=O) groups is 1. The molecule has 0 atom stereocenters. The highest BCUT2D eigenvalue weighted by Crippen LogP contribution is 2.35. The van der Waals surface area contributed by atoms with Crippen molar-refractivity contribution < 1.29 is 4.79 Å². The second kappa shape index (κ2) is 5.96. The molecular weight excluding hydrogens is 222 g/mol. The van der Waals surface area contributed by atoms with Crippen molar-refractivity contribution in [1.29, 1.82) is 0 Å². The van der Waals surface area contributed by atoms with Crippen LogP contribution in [-0.4, -0.2) is 18.9 Å². The molecule has 0 amide bonds. The molecule has 0 unspecified atom stereocenters. The zero-order chi connectivity index (χ0) is 12.8. The van der Waals surface area contributed by atoms with Crippen LogP contribution >= 0.6 is 0 Å². The lowest BCUT2D eigenvalue weighted by molar-refractivity contribution is -0.125. The van der Waals surface area contributed by atoms with Crippen molar-refractivity contribution in [3.8, 4) is 0 Å². The number of hydrogen-bond acceptors (Lipinski definition) is 2. The number of carbonyl (C=O) groups excluding carboxylic acids is 1. The Morgan fingerprint density at radius 3 is 2.56 bits per heavy atom. The lowest BCUT2D eigenvalue weighted by atomic mass is 9.69. The second-order valence-electron chi connectivity index (χ2n) is 4.95. The minimum Gasteiger partial charge on any atom is -0.317 e. The highest BCUT2D eigenvalue weighted by molar-refractivity contribution is 5.90. The lowest BCUT2D eigenvalue weighted by Crippen LogP contribution is -2.45. The summed E-state index contributed by atoms with van der Waals surface area (Å²) in [4.78, 5) is 12.6. The summed E-state index contributed by atoms with van der Waals surface area (Å²) in [6, 6.07) is 10.3. The van der Waals surface area contributed by atoms with Gasteiger partial charge in [0.2, 0.25) is 0 Å². The van der Waals surface area contributed by atoms with Crippen LogP contribution in [0, 0.1) is 0 Å². The molecule has 1 N–H and O–H groups in total. The molecule has 1 aliphatic rings. The standard InChI is InChI=1S/C16H21NO/c1-2-3-9-15(18)16(10-12-17-13-11-16)14-7-5-4-6-8-14/h2,4-8,17H,1,3,9-13H2. The number of ketones is 1. The fraction of sp³-hybridized carbons (Fsp3) is 0.438. The normalized spacial score (nSPS) is 18.2. The van der Waals surface area contributed by atoms with Crippen LogP contribution in [0.5, 0.6) is 0 Å². The van der Waals surface area contributed by atoms with Crippen molar-refractivity contribution in [3.63, 3.8) is 0 Å². The van der Waals surface area contributed by atoms with Crippen molar-refractivity contribution in [3.05, 3.63) is 48.6 Å². The van der Waals surface area contributed by atoms with E-state index in [1.54, 1.807) is 0 Å². The molecule has 1 fully saturated rings. The molecule has 0 saturated carbocycles. The fourth-order valence-electron chi connectivity index (χ4n) is 2.81. The summed E-state index contributed by atoms with van der Waals surface area (Å²) < 4.78 is 0. The molecule has 2 rings (SSSR count). The summed E-state index contributed by atoms with van der Waals surface area (Å²) in [6.07, 6.45) is 5.04. The first-order valence-corrected chi connectivity index (χ1v) is 6.70. The Morgan fingerprint density at radius 1 is 1.28 bits per heavy atom. The SMILES string of the molecule is C=CCCC(=O)C1(c2ccccc2)CCNCC1. The van der Waals surface area contributed by atoms with E-state index in [0.29, 0.717) is 12.2 Å². The summed E-state index contributed by atoms with van der Waals surface area (Å²) in [6.45, 7) is 5.56. The van der Waals surface area contributed by atoms with Gasteiger partial charge in [-0.25, -0.2) is 0 Å². The largest absolute Gasteiger partial charge is 0.317 e. The van der Waals surface area contributed by atoms with E-state index < -0.39 is 0 Å². The molecule has 1 aromatic rings. The Labute approximate surface area is 109 Å². The number of piperidine rings is 1. The van der Waals surface area contributed by atoms with E-state index in [4.69, 9.17) is 0 Å². The van der Waals surface area contributed by atoms with Gasteiger partial charge < -0.3 is 5.32 Å². The van der Waals surface area contributed by atoms with Gasteiger partial charge in [0, 0.05) is 6.42 Å². The minimum atomic E-state index is -0.268. The molecule has 0 aliphatic carbocycles. The van der Waals surface area contributed by atoms with Crippen molar-refractivity contribution in [2.45, 2.75) is 31.1 Å². The van der Waals surface area contributed by atoms with Gasteiger partial charge in [0.25, 0.3) is 0 Å². The van der Waals surface area contributed by atoms with Crippen LogP contribution in [0.2, 0.25) is 0 Å². The highest BCUT2D eigenvalue weighted by Gasteiger charge is 2.39. The van der Waals surface area contributed by atoms with Crippen LogP contribution in [0.3, 0.4) is 0 Å². The molecule has 2 heteroatoms. The van der Waals surface area contributed by atoms with Crippen LogP contribution < -0.4 is 5.32 Å². The maximum atomic E-state index is 12.6. The molecule has 0 aromatic heterocycles. The highest BCUT2D eigenvalue weighted by atomic mass is 16.1. The van der Waals surface area contributed by atoms with E-state index in [-0.39, 0.29) is 5.41 Å². The van der Waals surface area contributed by atoms with Gasteiger partial charge in [-0.1, -0.05) is 36.4 Å². The monoisotopic (exact) mass is 243 g/mol. The predicted octanol–water partition coefficient (Wildman–Crippen LogP) is 2.84. The van der Waals surface area contributed by atoms with Crippen molar-refractivity contribution in [2.75, 3.05) is 13.1 Å². The van der Waals surface area contributed by atoms with Crippen molar-refractivity contribution in [2.24, 2.45) is 0 Å². The average molecular weight is 243 g/mol. The maximum absolute atomic E-state index is 12.6. The van der Waals surface area contributed by atoms with E-state index in [1.807, 2.05) is 24.3 Å². The van der Waals surface area contributed by atoms with Crippen LogP contribution in [0.1, 0.15) is 31.2 Å². The summed E-state index contributed by atoms with van der Waals surface area (Å²) in [7, 11) is 0. The summed E-state index contributed by atoms with van der Waals surface area (Å²) in [5.41, 5.74) is 0.913. The topological polar surface area (TPSA) is 29.1 Å². The van der Waals surface area contributed by atoms with Gasteiger partial charge in [0.05, 0.1) is 5.41 Å². The van der Waals surface area contributed by atoms with Gasteiger partial charge in [-0.15, -0.1) is 6.58 Å². The number of hydrogen-bond donors (Lipinski definition) is 1. The summed E-state index contributed by atoms with van der Waals surface area (Å²) in [5, 5.41) is 3.35. The first-order chi connectivity index (χ1) is 8.79. The Hall–Kier alpha value is -1.41. The van der Waals surface area contributed by atoms with Crippen molar-refractivity contribution >= 4 is 5.78 Å². The molecule has 1 aliphatic heterocycles. The molecule has 1 saturated heterocycles. The van der Waals surface area contributed by atoms with E-state index >= 15 is 0 Å². The number of nitrogens with one attached hydrogen (secondary N) is 1. The predicted molar refractivity (Wildman–Crippen MR) is 74.7 cm³/mol. The maximum Gasteiger partial charge on any atom is 0.143 e. The van der Waals surface area contributed by atoms with Gasteiger partial charge in [-0.2, -0.15) is 0 Å². The van der Waals surface area contributed by atoms with E-state index in [2.05, 4.69) is 24.0 Å². The van der Waals surface area contributed by atoms with Gasteiger partial charge in [-0.05, 0) is 37.9 Å². The molecule has 96 valence electrons. The van der Waals surface area contributed by atoms with E-state index in [1.165, 1.54) is 5.56 Å². The third-order valence-electron chi connectivity index (χ3n) is 3.89. The Bertz CT molecular complexity index is 404. The van der Waals surface area contributed by atoms with Gasteiger partial charge in [-0.3, -0.25) is 4.79 Å². The first-order valence-electron chi connectivity index (χ1n) is 6.70. The van der Waals surface area contributed by atoms with E-state index in [0.717, 1.165) is 32.4 Å². The second-order valence-corrected chi connectivity index (χ2v) is 4.95. The van der Waals surface area contributed by atoms with Gasteiger partial charge in [0.1, 0.15) is 5.78 Å². The third-order valence-corrected chi connectivity index (χ3v) is 3.89. The lowest BCUT2D eigenvalue weighted by Gasteiger charge is -2.37. The third kappa shape index (κ3) is 2.54. The average Bonchev–Trinajstić information content (AvgIpc) is 2.46. The number of rotatable bonds is 5. The molecular formula is C16H21NO. The van der Waals surface area contributed by atoms with Gasteiger partial charge >= 0.3 is 0 Å². The van der Waals surface area contributed by atoms with Gasteiger partial charge in [0.15, 0.2) is 0 Å². The Morgan fingerprint density at radius 2 is 1.94 bits per heavy atom. The minimum absolute atomic E-state index is 0.268. The molecule has 2 nitrogen and oxygen atoms in total. The Kier molecular flexibility index (Phi) is 4.32. The number of Topliss-reactive ketones (excluding diaryl/α,β-unsaturated/α-hetero) is 1. The first kappa shape index (κ1) is 13.0.